The van der Waals surface area contributed by atoms with Gasteiger partial charge in [0, 0.05) is 26.1 Å². The van der Waals surface area contributed by atoms with Crippen LogP contribution in [0.3, 0.4) is 0 Å². The molecule has 98 valence electrons. The molecule has 1 amide bonds. The van der Waals surface area contributed by atoms with E-state index in [4.69, 9.17) is 0 Å². The molecule has 0 saturated carbocycles. The second kappa shape index (κ2) is 6.55. The number of hydrogen-bond acceptors (Lipinski definition) is 2. The quantitative estimate of drug-likeness (QED) is 0.780. The SMILES string of the molecule is Cc1ccccc1CNCCCN1CCCC1=O. The maximum absolute atomic E-state index is 11.4. The molecule has 1 heterocycles. The van der Waals surface area contributed by atoms with E-state index in [-0.39, 0.29) is 0 Å². The van der Waals surface area contributed by atoms with Crippen LogP contribution >= 0.6 is 0 Å². The van der Waals surface area contributed by atoms with Gasteiger partial charge in [-0.25, -0.2) is 0 Å². The summed E-state index contributed by atoms with van der Waals surface area (Å²) in [6.45, 7) is 5.88. The van der Waals surface area contributed by atoms with Gasteiger partial charge in [0.2, 0.25) is 5.91 Å². The van der Waals surface area contributed by atoms with E-state index in [0.717, 1.165) is 45.4 Å². The van der Waals surface area contributed by atoms with Crippen LogP contribution in [0.5, 0.6) is 0 Å². The van der Waals surface area contributed by atoms with Crippen molar-refractivity contribution in [2.75, 3.05) is 19.6 Å². The molecule has 0 aromatic heterocycles. The molecule has 0 radical (unpaired) electrons. The van der Waals surface area contributed by atoms with Gasteiger partial charge in [0.05, 0.1) is 0 Å². The van der Waals surface area contributed by atoms with Gasteiger partial charge in [-0.05, 0) is 37.4 Å². The lowest BCUT2D eigenvalue weighted by atomic mass is 10.1. The van der Waals surface area contributed by atoms with Gasteiger partial charge < -0.3 is 10.2 Å². The Kier molecular flexibility index (Phi) is 4.76. The maximum atomic E-state index is 11.4. The Morgan fingerprint density at radius 2 is 2.17 bits per heavy atom. The number of nitrogens with one attached hydrogen (secondary N) is 1. The number of amides is 1. The molecular weight excluding hydrogens is 224 g/mol. The minimum atomic E-state index is 0.328. The number of hydrogen-bond donors (Lipinski definition) is 1. The number of benzene rings is 1. The minimum Gasteiger partial charge on any atom is -0.343 e. The average Bonchev–Trinajstić information content (AvgIpc) is 2.77. The molecule has 1 N–H and O–H groups in total. The van der Waals surface area contributed by atoms with E-state index in [9.17, 15) is 4.79 Å². The molecule has 1 aliphatic heterocycles. The first kappa shape index (κ1) is 13.1. The predicted octanol–water partition coefficient (Wildman–Crippen LogP) is 2.10. The Morgan fingerprint density at radius 1 is 1.33 bits per heavy atom. The molecule has 1 saturated heterocycles. The third-order valence-electron chi connectivity index (χ3n) is 3.53. The monoisotopic (exact) mass is 246 g/mol. The molecule has 3 nitrogen and oxygen atoms in total. The number of likely N-dealkylation sites (tertiary alicyclic amines) is 1. The summed E-state index contributed by atoms with van der Waals surface area (Å²) in [5.74, 6) is 0.328. The van der Waals surface area contributed by atoms with Crippen molar-refractivity contribution >= 4 is 5.91 Å². The summed E-state index contributed by atoms with van der Waals surface area (Å²) < 4.78 is 0. The fraction of sp³-hybridized carbons (Fsp3) is 0.533. The van der Waals surface area contributed by atoms with Gasteiger partial charge in [0.25, 0.3) is 0 Å². The third-order valence-corrected chi connectivity index (χ3v) is 3.53. The highest BCUT2D eigenvalue weighted by atomic mass is 16.2. The van der Waals surface area contributed by atoms with E-state index in [1.54, 1.807) is 0 Å². The zero-order valence-corrected chi connectivity index (χ0v) is 11.1. The highest BCUT2D eigenvalue weighted by Crippen LogP contribution is 2.09. The molecule has 3 heteroatoms. The summed E-state index contributed by atoms with van der Waals surface area (Å²) in [7, 11) is 0. The Labute approximate surface area is 109 Å². The largest absolute Gasteiger partial charge is 0.343 e. The fourth-order valence-electron chi connectivity index (χ4n) is 2.37. The van der Waals surface area contributed by atoms with E-state index >= 15 is 0 Å². The standard InChI is InChI=1S/C15H22N2O/c1-13-6-2-3-7-14(13)12-16-9-5-11-17-10-4-8-15(17)18/h2-3,6-7,16H,4-5,8-12H2,1H3. The molecule has 0 unspecified atom stereocenters. The molecule has 1 aliphatic rings. The Hall–Kier alpha value is -1.35. The van der Waals surface area contributed by atoms with Gasteiger partial charge in [-0.3, -0.25) is 4.79 Å². The first-order chi connectivity index (χ1) is 8.77. The molecule has 18 heavy (non-hydrogen) atoms. The molecule has 0 bridgehead atoms. The van der Waals surface area contributed by atoms with Gasteiger partial charge in [-0.15, -0.1) is 0 Å². The Morgan fingerprint density at radius 3 is 2.89 bits per heavy atom. The van der Waals surface area contributed by atoms with Crippen LogP contribution in [0, 0.1) is 6.92 Å². The fourth-order valence-corrected chi connectivity index (χ4v) is 2.37. The first-order valence-corrected chi connectivity index (χ1v) is 6.80. The summed E-state index contributed by atoms with van der Waals surface area (Å²) >= 11 is 0. The van der Waals surface area contributed by atoms with Crippen molar-refractivity contribution in [1.29, 1.82) is 0 Å². The van der Waals surface area contributed by atoms with Crippen LogP contribution in [0.25, 0.3) is 0 Å². The highest BCUT2D eigenvalue weighted by molar-refractivity contribution is 5.77. The molecule has 0 spiro atoms. The predicted molar refractivity (Wildman–Crippen MR) is 73.3 cm³/mol. The second-order valence-corrected chi connectivity index (χ2v) is 4.94. The number of carbonyl (C=O) groups excluding carboxylic acids is 1. The van der Waals surface area contributed by atoms with Gasteiger partial charge in [-0.1, -0.05) is 24.3 Å². The van der Waals surface area contributed by atoms with E-state index in [1.165, 1.54) is 11.1 Å². The number of carbonyl (C=O) groups is 1. The molecular formula is C15H22N2O. The van der Waals surface area contributed by atoms with Crippen molar-refractivity contribution in [2.45, 2.75) is 32.7 Å². The van der Waals surface area contributed by atoms with Crippen LogP contribution in [0.4, 0.5) is 0 Å². The van der Waals surface area contributed by atoms with Crippen LogP contribution in [0.1, 0.15) is 30.4 Å². The molecule has 1 aromatic carbocycles. The molecule has 0 atom stereocenters. The normalized spacial score (nSPS) is 15.4. The molecule has 1 aromatic rings. The van der Waals surface area contributed by atoms with Crippen LogP contribution in [-0.2, 0) is 11.3 Å². The lowest BCUT2D eigenvalue weighted by molar-refractivity contribution is -0.127. The summed E-state index contributed by atoms with van der Waals surface area (Å²) in [6.07, 6.45) is 2.82. The molecule has 2 rings (SSSR count). The third kappa shape index (κ3) is 3.57. The van der Waals surface area contributed by atoms with E-state index in [0.29, 0.717) is 5.91 Å². The van der Waals surface area contributed by atoms with Crippen molar-refractivity contribution < 1.29 is 4.79 Å². The summed E-state index contributed by atoms with van der Waals surface area (Å²) in [5.41, 5.74) is 2.69. The number of rotatable bonds is 6. The van der Waals surface area contributed by atoms with Crippen LogP contribution < -0.4 is 5.32 Å². The van der Waals surface area contributed by atoms with E-state index < -0.39 is 0 Å². The summed E-state index contributed by atoms with van der Waals surface area (Å²) in [4.78, 5) is 13.4. The topological polar surface area (TPSA) is 32.3 Å². The van der Waals surface area contributed by atoms with Crippen molar-refractivity contribution in [3.05, 3.63) is 35.4 Å². The van der Waals surface area contributed by atoms with Crippen LogP contribution in [0.15, 0.2) is 24.3 Å². The van der Waals surface area contributed by atoms with E-state index in [2.05, 4.69) is 36.5 Å². The lowest BCUT2D eigenvalue weighted by Crippen LogP contribution is -2.28. The van der Waals surface area contributed by atoms with Gasteiger partial charge in [0.15, 0.2) is 0 Å². The van der Waals surface area contributed by atoms with Crippen LogP contribution in [-0.4, -0.2) is 30.4 Å². The molecule has 1 fully saturated rings. The first-order valence-electron chi connectivity index (χ1n) is 6.80. The van der Waals surface area contributed by atoms with Gasteiger partial charge >= 0.3 is 0 Å². The highest BCUT2D eigenvalue weighted by Gasteiger charge is 2.18. The average molecular weight is 246 g/mol. The van der Waals surface area contributed by atoms with E-state index in [1.807, 2.05) is 4.90 Å². The second-order valence-electron chi connectivity index (χ2n) is 4.94. The zero-order valence-electron chi connectivity index (χ0n) is 11.1. The van der Waals surface area contributed by atoms with Crippen LogP contribution in [0.2, 0.25) is 0 Å². The summed E-state index contributed by atoms with van der Waals surface area (Å²) in [6, 6.07) is 8.44. The smallest absolute Gasteiger partial charge is 0.222 e. The summed E-state index contributed by atoms with van der Waals surface area (Å²) in [5, 5.41) is 3.44. The van der Waals surface area contributed by atoms with Gasteiger partial charge in [0.1, 0.15) is 0 Å². The van der Waals surface area contributed by atoms with Crippen molar-refractivity contribution in [3.8, 4) is 0 Å². The Bertz CT molecular complexity index is 403. The van der Waals surface area contributed by atoms with Crippen molar-refractivity contribution in [2.24, 2.45) is 0 Å². The van der Waals surface area contributed by atoms with Crippen molar-refractivity contribution in [3.63, 3.8) is 0 Å². The minimum absolute atomic E-state index is 0.328. The number of aryl methyl sites for hydroxylation is 1. The maximum Gasteiger partial charge on any atom is 0.222 e. The molecule has 0 aliphatic carbocycles. The zero-order chi connectivity index (χ0) is 12.8. The Balaban J connectivity index is 1.62. The van der Waals surface area contributed by atoms with Crippen molar-refractivity contribution in [1.82, 2.24) is 10.2 Å². The number of nitrogens with zero attached hydrogens (tertiary/aromatic N) is 1. The lowest BCUT2D eigenvalue weighted by Gasteiger charge is -2.15. The van der Waals surface area contributed by atoms with Gasteiger partial charge in [-0.2, -0.15) is 0 Å².